The Morgan fingerprint density at radius 1 is 1.17 bits per heavy atom. The summed E-state index contributed by atoms with van der Waals surface area (Å²) in [5, 5.41) is 9.21. The van der Waals surface area contributed by atoms with Crippen LogP contribution in [-0.2, 0) is 16.2 Å². The number of aromatic hydroxyl groups is 1. The maximum absolute atomic E-state index is 12.5. The minimum atomic E-state index is -4.70. The summed E-state index contributed by atoms with van der Waals surface area (Å²) in [7, 11) is -3.93. The zero-order valence-electron chi connectivity index (χ0n) is 9.11. The summed E-state index contributed by atoms with van der Waals surface area (Å²) in [6.07, 6.45) is -4.01. The van der Waals surface area contributed by atoms with E-state index in [9.17, 15) is 26.7 Å². The molecule has 4 nitrogen and oxygen atoms in total. The number of phenolic OH excluding ortho intramolecular Hbond substituents is 1. The van der Waals surface area contributed by atoms with Gasteiger partial charge in [0.25, 0.3) is 0 Å². The molecule has 1 N–H and O–H groups in total. The summed E-state index contributed by atoms with van der Waals surface area (Å²) < 4.78 is 62.4. The number of halogens is 3. The van der Waals surface area contributed by atoms with Crippen molar-refractivity contribution in [1.29, 1.82) is 0 Å². The van der Waals surface area contributed by atoms with E-state index in [2.05, 4.69) is 0 Å². The molecule has 0 atom stereocenters. The Bertz CT molecular complexity index is 564. The fourth-order valence-corrected chi connectivity index (χ4v) is 3.16. The molecule has 1 aliphatic rings. The van der Waals surface area contributed by atoms with E-state index >= 15 is 0 Å². The van der Waals surface area contributed by atoms with Crippen LogP contribution in [0.15, 0.2) is 23.1 Å². The fourth-order valence-electron chi connectivity index (χ4n) is 1.57. The number of phenols is 1. The Morgan fingerprint density at radius 3 is 2.22 bits per heavy atom. The molecule has 8 heteroatoms. The van der Waals surface area contributed by atoms with Gasteiger partial charge in [0.2, 0.25) is 10.0 Å². The molecule has 18 heavy (non-hydrogen) atoms. The van der Waals surface area contributed by atoms with E-state index in [1.165, 1.54) is 0 Å². The Balaban J connectivity index is 2.49. The van der Waals surface area contributed by atoms with Gasteiger partial charge in [0, 0.05) is 13.1 Å². The highest BCUT2D eigenvalue weighted by Gasteiger charge is 2.35. The van der Waals surface area contributed by atoms with Crippen LogP contribution in [0.1, 0.15) is 12.0 Å². The maximum Gasteiger partial charge on any atom is 0.416 e. The van der Waals surface area contributed by atoms with Gasteiger partial charge in [-0.05, 0) is 24.6 Å². The predicted molar refractivity (Wildman–Crippen MR) is 56.5 cm³/mol. The standard InChI is InChI=1S/C10H10F3NO3S/c11-10(12,13)7-4-8(15)6-9(5-7)18(16,17)14-2-1-3-14/h4-6,15H,1-3H2. The van der Waals surface area contributed by atoms with Crippen molar-refractivity contribution in [3.05, 3.63) is 23.8 Å². The SMILES string of the molecule is O=S(=O)(c1cc(O)cc(C(F)(F)F)c1)N1CCC1. The van der Waals surface area contributed by atoms with Gasteiger partial charge < -0.3 is 5.11 Å². The molecular weight excluding hydrogens is 271 g/mol. The van der Waals surface area contributed by atoms with Crippen molar-refractivity contribution in [2.75, 3.05) is 13.1 Å². The quantitative estimate of drug-likeness (QED) is 0.899. The minimum absolute atomic E-state index is 0.291. The topological polar surface area (TPSA) is 57.6 Å². The third-order valence-electron chi connectivity index (χ3n) is 2.67. The smallest absolute Gasteiger partial charge is 0.416 e. The Labute approximate surface area is 102 Å². The van der Waals surface area contributed by atoms with Gasteiger partial charge in [-0.15, -0.1) is 0 Å². The molecule has 0 radical (unpaired) electrons. The van der Waals surface area contributed by atoms with Gasteiger partial charge in [-0.2, -0.15) is 17.5 Å². The summed E-state index contributed by atoms with van der Waals surface area (Å²) in [5.74, 6) is -0.719. The van der Waals surface area contributed by atoms with E-state index in [-0.39, 0.29) is 0 Å². The van der Waals surface area contributed by atoms with E-state index in [0.29, 0.717) is 31.6 Å². The van der Waals surface area contributed by atoms with E-state index in [1.54, 1.807) is 0 Å². The maximum atomic E-state index is 12.5. The van der Waals surface area contributed by atoms with Gasteiger partial charge in [-0.3, -0.25) is 0 Å². The highest BCUT2D eigenvalue weighted by Crippen LogP contribution is 2.34. The second-order valence-electron chi connectivity index (χ2n) is 3.97. The molecule has 0 amide bonds. The normalized spacial score (nSPS) is 17.5. The number of nitrogens with zero attached hydrogens (tertiary/aromatic N) is 1. The molecule has 1 aliphatic heterocycles. The number of hydrogen-bond donors (Lipinski definition) is 1. The van der Waals surface area contributed by atoms with Gasteiger partial charge in [-0.1, -0.05) is 0 Å². The van der Waals surface area contributed by atoms with Crippen LogP contribution < -0.4 is 0 Å². The lowest BCUT2D eigenvalue weighted by molar-refractivity contribution is -0.137. The third kappa shape index (κ3) is 2.30. The van der Waals surface area contributed by atoms with Crippen molar-refractivity contribution in [3.8, 4) is 5.75 Å². The molecule has 0 aliphatic carbocycles. The van der Waals surface area contributed by atoms with Crippen LogP contribution in [0.5, 0.6) is 5.75 Å². The number of sulfonamides is 1. The summed E-state index contributed by atoms with van der Waals surface area (Å²) >= 11 is 0. The van der Waals surface area contributed by atoms with Crippen molar-refractivity contribution in [2.24, 2.45) is 0 Å². The first-order chi connectivity index (χ1) is 8.21. The summed E-state index contributed by atoms with van der Waals surface area (Å²) in [5.41, 5.74) is -1.18. The Kier molecular flexibility index (Phi) is 3.02. The molecule has 1 aromatic rings. The zero-order chi connectivity index (χ0) is 13.6. The first-order valence-electron chi connectivity index (χ1n) is 5.13. The molecule has 1 aromatic carbocycles. The Hall–Kier alpha value is -1.28. The van der Waals surface area contributed by atoms with Crippen molar-refractivity contribution in [2.45, 2.75) is 17.5 Å². The van der Waals surface area contributed by atoms with Crippen molar-refractivity contribution < 1.29 is 26.7 Å². The molecule has 1 fully saturated rings. The molecule has 1 saturated heterocycles. The molecule has 0 aromatic heterocycles. The highest BCUT2D eigenvalue weighted by molar-refractivity contribution is 7.89. The number of alkyl halides is 3. The van der Waals surface area contributed by atoms with E-state index in [1.807, 2.05) is 0 Å². The summed E-state index contributed by atoms with van der Waals surface area (Å²) in [4.78, 5) is -0.533. The first kappa shape index (κ1) is 13.2. The van der Waals surface area contributed by atoms with Crippen molar-refractivity contribution >= 4 is 10.0 Å². The van der Waals surface area contributed by atoms with Crippen LogP contribution in [0.2, 0.25) is 0 Å². The molecule has 2 rings (SSSR count). The Morgan fingerprint density at radius 2 is 1.78 bits per heavy atom. The fraction of sp³-hybridized carbons (Fsp3) is 0.400. The van der Waals surface area contributed by atoms with Crippen LogP contribution in [-0.4, -0.2) is 30.9 Å². The van der Waals surface area contributed by atoms with E-state index < -0.39 is 32.4 Å². The third-order valence-corrected chi connectivity index (χ3v) is 4.55. The van der Waals surface area contributed by atoms with E-state index in [4.69, 9.17) is 0 Å². The average molecular weight is 281 g/mol. The largest absolute Gasteiger partial charge is 0.508 e. The van der Waals surface area contributed by atoms with Gasteiger partial charge >= 0.3 is 6.18 Å². The monoisotopic (exact) mass is 281 g/mol. The number of rotatable bonds is 2. The zero-order valence-corrected chi connectivity index (χ0v) is 9.92. The van der Waals surface area contributed by atoms with Crippen LogP contribution in [0.4, 0.5) is 13.2 Å². The molecule has 0 spiro atoms. The van der Waals surface area contributed by atoms with Crippen molar-refractivity contribution in [1.82, 2.24) is 4.31 Å². The average Bonchev–Trinajstić information content (AvgIpc) is 2.11. The second kappa shape index (κ2) is 4.13. The molecular formula is C10H10F3NO3S. The predicted octanol–water partition coefficient (Wildman–Crippen LogP) is 1.81. The first-order valence-corrected chi connectivity index (χ1v) is 6.57. The molecule has 100 valence electrons. The lowest BCUT2D eigenvalue weighted by Gasteiger charge is -2.29. The van der Waals surface area contributed by atoms with Crippen LogP contribution >= 0.6 is 0 Å². The lowest BCUT2D eigenvalue weighted by Crippen LogP contribution is -2.41. The number of hydrogen-bond acceptors (Lipinski definition) is 3. The van der Waals surface area contributed by atoms with Crippen molar-refractivity contribution in [3.63, 3.8) is 0 Å². The lowest BCUT2D eigenvalue weighted by atomic mass is 10.2. The van der Waals surface area contributed by atoms with E-state index in [0.717, 1.165) is 10.4 Å². The minimum Gasteiger partial charge on any atom is -0.508 e. The summed E-state index contributed by atoms with van der Waals surface area (Å²) in [6, 6.07) is 1.85. The molecule has 0 unspecified atom stereocenters. The molecule has 0 saturated carbocycles. The van der Waals surface area contributed by atoms with Gasteiger partial charge in [0.15, 0.2) is 0 Å². The van der Waals surface area contributed by atoms with Gasteiger partial charge in [0.05, 0.1) is 10.5 Å². The molecule has 1 heterocycles. The van der Waals surface area contributed by atoms with Crippen LogP contribution in [0.3, 0.4) is 0 Å². The van der Waals surface area contributed by atoms with Gasteiger partial charge in [-0.25, -0.2) is 8.42 Å². The van der Waals surface area contributed by atoms with Gasteiger partial charge in [0.1, 0.15) is 5.75 Å². The van der Waals surface area contributed by atoms with Crippen LogP contribution in [0, 0.1) is 0 Å². The highest BCUT2D eigenvalue weighted by atomic mass is 32.2. The molecule has 0 bridgehead atoms. The number of benzene rings is 1. The second-order valence-corrected chi connectivity index (χ2v) is 5.91. The summed E-state index contributed by atoms with van der Waals surface area (Å²) in [6.45, 7) is 0.582. The van der Waals surface area contributed by atoms with Crippen LogP contribution in [0.25, 0.3) is 0 Å².